The predicted octanol–water partition coefficient (Wildman–Crippen LogP) is 3.85. The summed E-state index contributed by atoms with van der Waals surface area (Å²) in [4.78, 5) is 0. The summed E-state index contributed by atoms with van der Waals surface area (Å²) in [6.07, 6.45) is -4.87. The van der Waals surface area contributed by atoms with Crippen molar-refractivity contribution in [2.45, 2.75) is 36.9 Å². The molecule has 1 N–H and O–H groups in total. The third-order valence-electron chi connectivity index (χ3n) is 3.56. The normalized spacial score (nSPS) is 25.3. The van der Waals surface area contributed by atoms with Crippen LogP contribution in [0, 0.1) is 0 Å². The van der Waals surface area contributed by atoms with Crippen LogP contribution in [0.5, 0.6) is 0 Å². The summed E-state index contributed by atoms with van der Waals surface area (Å²) in [5.41, 5.74) is -2.37. The molecule has 1 nitrogen and oxygen atoms in total. The molecule has 0 radical (unpaired) electrons. The molecule has 0 saturated carbocycles. The van der Waals surface area contributed by atoms with Crippen molar-refractivity contribution in [1.29, 1.82) is 0 Å². The first-order chi connectivity index (χ1) is 8.81. The summed E-state index contributed by atoms with van der Waals surface area (Å²) in [6, 6.07) is 7.17. The lowest BCUT2D eigenvalue weighted by Crippen LogP contribution is -2.63. The van der Waals surface area contributed by atoms with Crippen LogP contribution in [0.2, 0.25) is 0 Å². The second-order valence-electron chi connectivity index (χ2n) is 4.73. The highest BCUT2D eigenvalue weighted by molar-refractivity contribution is 5.29. The van der Waals surface area contributed by atoms with E-state index in [1.165, 1.54) is 24.3 Å². The molecular formula is C13H14F5N. The lowest BCUT2D eigenvalue weighted by Gasteiger charge is -2.44. The quantitative estimate of drug-likeness (QED) is 0.811. The van der Waals surface area contributed by atoms with Crippen molar-refractivity contribution < 1.29 is 22.0 Å². The van der Waals surface area contributed by atoms with Crippen molar-refractivity contribution in [2.75, 3.05) is 6.54 Å². The van der Waals surface area contributed by atoms with E-state index in [9.17, 15) is 22.0 Å². The maximum atomic E-state index is 14.0. The van der Waals surface area contributed by atoms with Crippen LogP contribution >= 0.6 is 0 Å². The molecule has 1 aromatic carbocycles. The van der Waals surface area contributed by atoms with Gasteiger partial charge >= 0.3 is 12.1 Å². The van der Waals surface area contributed by atoms with Gasteiger partial charge in [0.2, 0.25) is 0 Å². The molecule has 0 spiro atoms. The number of benzene rings is 1. The van der Waals surface area contributed by atoms with E-state index in [-0.39, 0.29) is 18.5 Å². The fourth-order valence-electron chi connectivity index (χ4n) is 2.57. The topological polar surface area (TPSA) is 12.0 Å². The van der Waals surface area contributed by atoms with E-state index in [1.54, 1.807) is 6.07 Å². The van der Waals surface area contributed by atoms with Crippen molar-refractivity contribution in [2.24, 2.45) is 0 Å². The number of alkyl halides is 5. The molecule has 1 aliphatic rings. The molecule has 0 bridgehead atoms. The van der Waals surface area contributed by atoms with Gasteiger partial charge in [-0.05, 0) is 31.4 Å². The molecule has 2 rings (SSSR count). The van der Waals surface area contributed by atoms with E-state index < -0.39 is 17.6 Å². The van der Waals surface area contributed by atoms with Crippen LogP contribution in [-0.4, -0.2) is 18.6 Å². The first-order valence-electron chi connectivity index (χ1n) is 6.06. The van der Waals surface area contributed by atoms with Crippen LogP contribution in [0.15, 0.2) is 30.3 Å². The van der Waals surface area contributed by atoms with Crippen LogP contribution in [0.1, 0.15) is 24.8 Å². The maximum absolute atomic E-state index is 14.0. The van der Waals surface area contributed by atoms with Gasteiger partial charge in [-0.3, -0.25) is 0 Å². The molecule has 1 saturated heterocycles. The lowest BCUT2D eigenvalue weighted by atomic mass is 9.77. The minimum Gasteiger partial charge on any atom is -0.302 e. The second kappa shape index (κ2) is 4.74. The van der Waals surface area contributed by atoms with Crippen molar-refractivity contribution in [3.63, 3.8) is 0 Å². The average molecular weight is 279 g/mol. The van der Waals surface area contributed by atoms with Gasteiger partial charge in [0.05, 0.1) is 0 Å². The van der Waals surface area contributed by atoms with Gasteiger partial charge in [-0.1, -0.05) is 30.3 Å². The number of hydrogen-bond acceptors (Lipinski definition) is 1. The summed E-state index contributed by atoms with van der Waals surface area (Å²) in [5, 5.41) is 2.43. The molecule has 1 aliphatic heterocycles. The zero-order chi connectivity index (χ0) is 14.1. The molecule has 106 valence electrons. The smallest absolute Gasteiger partial charge is 0.302 e. The molecule has 0 unspecified atom stereocenters. The van der Waals surface area contributed by atoms with Crippen molar-refractivity contribution in [3.8, 4) is 0 Å². The van der Waals surface area contributed by atoms with Gasteiger partial charge < -0.3 is 5.32 Å². The number of hydrogen-bond donors (Lipinski definition) is 1. The fourth-order valence-corrected chi connectivity index (χ4v) is 2.57. The first-order valence-corrected chi connectivity index (χ1v) is 6.06. The van der Waals surface area contributed by atoms with Gasteiger partial charge in [0.15, 0.2) is 0 Å². The van der Waals surface area contributed by atoms with Gasteiger partial charge in [0.25, 0.3) is 0 Å². The third-order valence-corrected chi connectivity index (χ3v) is 3.56. The van der Waals surface area contributed by atoms with Crippen molar-refractivity contribution in [3.05, 3.63) is 35.9 Å². The molecule has 0 aromatic heterocycles. The van der Waals surface area contributed by atoms with Gasteiger partial charge in [-0.25, -0.2) is 0 Å². The maximum Gasteiger partial charge on any atom is 0.455 e. The SMILES string of the molecule is FC(F)(F)C(F)(F)[C@]1(c2ccccc2)CCCCN1. The highest BCUT2D eigenvalue weighted by Gasteiger charge is 2.70. The molecular weight excluding hydrogens is 265 g/mol. The summed E-state index contributed by atoms with van der Waals surface area (Å²) in [5.74, 6) is -4.80. The summed E-state index contributed by atoms with van der Waals surface area (Å²) in [6.45, 7) is 0.153. The Bertz CT molecular complexity index is 420. The monoisotopic (exact) mass is 279 g/mol. The Labute approximate surface area is 107 Å². The zero-order valence-electron chi connectivity index (χ0n) is 10.1. The Morgan fingerprint density at radius 3 is 2.05 bits per heavy atom. The van der Waals surface area contributed by atoms with Gasteiger partial charge in [-0.2, -0.15) is 22.0 Å². The van der Waals surface area contributed by atoms with Crippen LogP contribution in [-0.2, 0) is 5.54 Å². The Balaban J connectivity index is 2.53. The zero-order valence-corrected chi connectivity index (χ0v) is 10.1. The lowest BCUT2D eigenvalue weighted by molar-refractivity contribution is -0.317. The molecule has 1 fully saturated rings. The minimum absolute atomic E-state index is 0.0166. The van der Waals surface area contributed by atoms with Gasteiger partial charge in [0.1, 0.15) is 5.54 Å². The van der Waals surface area contributed by atoms with E-state index in [0.29, 0.717) is 12.8 Å². The number of rotatable bonds is 2. The van der Waals surface area contributed by atoms with Gasteiger partial charge in [-0.15, -0.1) is 0 Å². The fraction of sp³-hybridized carbons (Fsp3) is 0.538. The number of halogens is 5. The standard InChI is InChI=1S/C13H14F5N/c14-12(15,13(16,17)18)11(8-4-5-9-19-11)10-6-2-1-3-7-10/h1-3,6-7,19H,4-5,8-9H2/t11-/m1/s1. The van der Waals surface area contributed by atoms with Crippen molar-refractivity contribution in [1.82, 2.24) is 5.32 Å². The highest BCUT2D eigenvalue weighted by Crippen LogP contribution is 2.51. The Morgan fingerprint density at radius 1 is 0.947 bits per heavy atom. The second-order valence-corrected chi connectivity index (χ2v) is 4.73. The summed E-state index contributed by atoms with van der Waals surface area (Å²) < 4.78 is 66.2. The van der Waals surface area contributed by atoms with Gasteiger partial charge in [0, 0.05) is 0 Å². The first kappa shape index (κ1) is 14.2. The van der Waals surface area contributed by atoms with Crippen LogP contribution < -0.4 is 5.32 Å². The number of piperidine rings is 1. The van der Waals surface area contributed by atoms with Crippen LogP contribution in [0.4, 0.5) is 22.0 Å². The van der Waals surface area contributed by atoms with E-state index in [0.717, 1.165) is 0 Å². The van der Waals surface area contributed by atoms with E-state index in [4.69, 9.17) is 0 Å². The molecule has 1 heterocycles. The molecule has 0 amide bonds. The Kier molecular flexibility index (Phi) is 3.55. The van der Waals surface area contributed by atoms with E-state index >= 15 is 0 Å². The Morgan fingerprint density at radius 2 is 1.58 bits per heavy atom. The van der Waals surface area contributed by atoms with Crippen LogP contribution in [0.3, 0.4) is 0 Å². The largest absolute Gasteiger partial charge is 0.455 e. The number of nitrogens with one attached hydrogen (secondary N) is 1. The molecule has 1 aromatic rings. The third kappa shape index (κ3) is 2.22. The van der Waals surface area contributed by atoms with E-state index in [2.05, 4.69) is 5.32 Å². The summed E-state index contributed by atoms with van der Waals surface area (Å²) >= 11 is 0. The Hall–Kier alpha value is -1.17. The predicted molar refractivity (Wildman–Crippen MR) is 61.0 cm³/mol. The minimum atomic E-state index is -5.58. The van der Waals surface area contributed by atoms with Crippen LogP contribution in [0.25, 0.3) is 0 Å². The molecule has 19 heavy (non-hydrogen) atoms. The van der Waals surface area contributed by atoms with Crippen molar-refractivity contribution >= 4 is 0 Å². The molecule has 6 heteroatoms. The summed E-state index contributed by atoms with van der Waals surface area (Å²) in [7, 11) is 0. The average Bonchev–Trinajstić information content (AvgIpc) is 2.39. The highest BCUT2D eigenvalue weighted by atomic mass is 19.4. The van der Waals surface area contributed by atoms with E-state index in [1.807, 2.05) is 0 Å². The molecule has 1 atom stereocenters. The molecule has 0 aliphatic carbocycles.